The van der Waals surface area contributed by atoms with E-state index >= 15 is 0 Å². The van der Waals surface area contributed by atoms with Crippen molar-refractivity contribution in [2.24, 2.45) is 0 Å². The van der Waals surface area contributed by atoms with Crippen LogP contribution < -0.4 is 4.57 Å². The van der Waals surface area contributed by atoms with Crippen molar-refractivity contribution in [1.29, 1.82) is 0 Å². The Morgan fingerprint density at radius 2 is 0.889 bits per heavy atom. The van der Waals surface area contributed by atoms with Crippen LogP contribution >= 0.6 is 0 Å². The molecule has 1 heterocycles. The molecule has 1 rings (SSSR count). The smallest absolute Gasteiger partial charge is 0.234 e. The van der Waals surface area contributed by atoms with Gasteiger partial charge in [-0.3, -0.25) is 0 Å². The summed E-state index contributed by atoms with van der Waals surface area (Å²) >= 11 is 0. The normalized spacial score (nSPS) is 11.7. The lowest BCUT2D eigenvalue weighted by atomic mass is 10.0. The molecule has 0 aliphatic heterocycles. The van der Waals surface area contributed by atoms with Gasteiger partial charge in [0.15, 0.2) is 0 Å². The van der Waals surface area contributed by atoms with Gasteiger partial charge in [0.05, 0.1) is 12.6 Å². The van der Waals surface area contributed by atoms with E-state index in [1.54, 1.807) is 5.82 Å². The van der Waals surface area contributed by atoms with Crippen LogP contribution in [0.3, 0.4) is 0 Å². The van der Waals surface area contributed by atoms with Gasteiger partial charge in [-0.2, -0.15) is 0 Å². The third-order valence-electron chi connectivity index (χ3n) is 8.10. The fraction of sp³-hybridized carbons (Fsp3) is 0.912. The molecular formula is C34H67N2+. The Morgan fingerprint density at radius 3 is 1.28 bits per heavy atom. The molecule has 36 heavy (non-hydrogen) atoms. The predicted octanol–water partition coefficient (Wildman–Crippen LogP) is 11.3. The number of imidazole rings is 1. The highest BCUT2D eigenvalue weighted by molar-refractivity contribution is 4.86. The summed E-state index contributed by atoms with van der Waals surface area (Å²) in [4.78, 5) is 0. The molecule has 0 unspecified atom stereocenters. The molecule has 212 valence electrons. The van der Waals surface area contributed by atoms with Crippen LogP contribution in [0, 0.1) is 0 Å². The number of rotatable bonds is 27. The molecule has 0 saturated carbocycles. The number of aryl methyl sites for hydroxylation is 1. The Labute approximate surface area is 228 Å². The number of aromatic nitrogens is 2. The van der Waals surface area contributed by atoms with E-state index in [1.165, 1.54) is 167 Å². The molecule has 0 amide bonds. The van der Waals surface area contributed by atoms with Crippen molar-refractivity contribution in [3.8, 4) is 0 Å². The third kappa shape index (κ3) is 17.6. The average molecular weight is 504 g/mol. The van der Waals surface area contributed by atoms with E-state index in [9.17, 15) is 0 Å². The molecule has 0 atom stereocenters. The largest absolute Gasteiger partial charge is 0.256 e. The minimum Gasteiger partial charge on any atom is -0.234 e. The van der Waals surface area contributed by atoms with Crippen LogP contribution in [0.15, 0.2) is 12.4 Å². The second kappa shape index (κ2) is 24.5. The van der Waals surface area contributed by atoms with E-state index in [0.717, 1.165) is 0 Å². The predicted molar refractivity (Wildman–Crippen MR) is 161 cm³/mol. The maximum Gasteiger partial charge on any atom is 0.256 e. The molecule has 1 aromatic heterocycles. The van der Waals surface area contributed by atoms with E-state index < -0.39 is 0 Å². The molecule has 0 radical (unpaired) electrons. The van der Waals surface area contributed by atoms with Crippen LogP contribution in [0.4, 0.5) is 0 Å². The summed E-state index contributed by atoms with van der Waals surface area (Å²) in [6, 6.07) is 0.570. The maximum atomic E-state index is 2.57. The van der Waals surface area contributed by atoms with E-state index in [4.69, 9.17) is 0 Å². The minimum atomic E-state index is 0.570. The van der Waals surface area contributed by atoms with Gasteiger partial charge in [-0.05, 0) is 33.1 Å². The minimum absolute atomic E-state index is 0.570. The summed E-state index contributed by atoms with van der Waals surface area (Å²) in [5, 5.41) is 0. The molecule has 0 aliphatic carbocycles. The molecule has 0 bridgehead atoms. The van der Waals surface area contributed by atoms with Crippen molar-refractivity contribution in [2.75, 3.05) is 0 Å². The Bertz CT molecular complexity index is 574. The first-order valence-corrected chi connectivity index (χ1v) is 16.8. The van der Waals surface area contributed by atoms with Crippen molar-refractivity contribution >= 4 is 0 Å². The first-order valence-electron chi connectivity index (χ1n) is 16.8. The highest BCUT2D eigenvalue weighted by atomic mass is 15.2. The average Bonchev–Trinajstić information content (AvgIpc) is 3.28. The van der Waals surface area contributed by atoms with Crippen LogP contribution in [0.5, 0.6) is 0 Å². The molecule has 0 N–H and O–H groups in total. The van der Waals surface area contributed by atoms with E-state index in [-0.39, 0.29) is 0 Å². The summed E-state index contributed by atoms with van der Waals surface area (Å²) in [6.07, 6.45) is 40.3. The fourth-order valence-electron chi connectivity index (χ4n) is 5.67. The van der Waals surface area contributed by atoms with E-state index in [2.05, 4.69) is 49.2 Å². The van der Waals surface area contributed by atoms with Gasteiger partial charge >= 0.3 is 0 Å². The highest BCUT2D eigenvalue weighted by Gasteiger charge is 2.18. The van der Waals surface area contributed by atoms with Crippen molar-refractivity contribution in [2.45, 2.75) is 201 Å². The van der Waals surface area contributed by atoms with E-state index in [0.29, 0.717) is 6.04 Å². The lowest BCUT2D eigenvalue weighted by Crippen LogP contribution is -2.37. The Balaban J connectivity index is 2.06. The van der Waals surface area contributed by atoms with Crippen LogP contribution in [-0.2, 0) is 13.0 Å². The Kier molecular flexibility index (Phi) is 22.7. The van der Waals surface area contributed by atoms with Crippen molar-refractivity contribution in [3.05, 3.63) is 18.2 Å². The topological polar surface area (TPSA) is 8.81 Å². The third-order valence-corrected chi connectivity index (χ3v) is 8.10. The zero-order valence-corrected chi connectivity index (χ0v) is 25.5. The summed E-state index contributed by atoms with van der Waals surface area (Å²) < 4.78 is 5.10. The second-order valence-electron chi connectivity index (χ2n) is 11.9. The van der Waals surface area contributed by atoms with Gasteiger partial charge in [-0.15, -0.1) is 0 Å². The quantitative estimate of drug-likeness (QED) is 0.0833. The summed E-state index contributed by atoms with van der Waals surface area (Å²) in [7, 11) is 0. The van der Waals surface area contributed by atoms with Crippen molar-refractivity contribution < 1.29 is 4.57 Å². The Hall–Kier alpha value is -0.790. The monoisotopic (exact) mass is 504 g/mol. The van der Waals surface area contributed by atoms with Gasteiger partial charge in [0.25, 0.3) is 5.82 Å². The van der Waals surface area contributed by atoms with Crippen LogP contribution in [0.2, 0.25) is 0 Å². The van der Waals surface area contributed by atoms with Gasteiger partial charge in [-0.1, -0.05) is 149 Å². The van der Waals surface area contributed by atoms with Gasteiger partial charge in [0.2, 0.25) is 0 Å². The molecule has 0 fully saturated rings. The second-order valence-corrected chi connectivity index (χ2v) is 11.9. The standard InChI is InChI=1S/C34H67N2/c1-5-7-9-11-13-15-16-17-18-19-20-21-22-23-25-27-29-34-35(31-32-36(34)33(3)4)30-28-26-24-14-12-10-8-6-2/h31-33H,5-30H2,1-4H3/q+1. The van der Waals surface area contributed by atoms with Crippen LogP contribution in [0.25, 0.3) is 0 Å². The summed E-state index contributed by atoms with van der Waals surface area (Å²) in [5.74, 6) is 1.57. The summed E-state index contributed by atoms with van der Waals surface area (Å²) in [5.41, 5.74) is 0. The zero-order chi connectivity index (χ0) is 26.1. The van der Waals surface area contributed by atoms with Gasteiger partial charge in [0, 0.05) is 6.42 Å². The molecule has 0 aromatic carbocycles. The molecule has 1 aromatic rings. The highest BCUT2D eigenvalue weighted by Crippen LogP contribution is 2.16. The molecule has 2 nitrogen and oxygen atoms in total. The first kappa shape index (κ1) is 33.2. The summed E-state index contributed by atoms with van der Waals surface area (Å²) in [6.45, 7) is 10.5. The van der Waals surface area contributed by atoms with Crippen molar-refractivity contribution in [3.63, 3.8) is 0 Å². The molecule has 0 aliphatic rings. The molecule has 0 saturated heterocycles. The van der Waals surface area contributed by atoms with Crippen LogP contribution in [-0.4, -0.2) is 4.57 Å². The molecule has 0 spiro atoms. The number of hydrogen-bond acceptors (Lipinski definition) is 0. The Morgan fingerprint density at radius 1 is 0.528 bits per heavy atom. The SMILES string of the molecule is CCCCCCCCCCCCCCCCCCc1n(C(C)C)cc[n+]1CCCCCCCCCC. The van der Waals surface area contributed by atoms with Crippen LogP contribution in [0.1, 0.15) is 194 Å². The van der Waals surface area contributed by atoms with E-state index in [1.807, 2.05) is 0 Å². The van der Waals surface area contributed by atoms with Gasteiger partial charge < -0.3 is 0 Å². The lowest BCUT2D eigenvalue weighted by molar-refractivity contribution is -0.704. The molecular weight excluding hydrogens is 436 g/mol. The lowest BCUT2D eigenvalue weighted by Gasteiger charge is -2.08. The van der Waals surface area contributed by atoms with Crippen molar-refractivity contribution in [1.82, 2.24) is 4.57 Å². The number of hydrogen-bond donors (Lipinski definition) is 0. The van der Waals surface area contributed by atoms with Gasteiger partial charge in [0.1, 0.15) is 12.4 Å². The number of nitrogens with zero attached hydrogens (tertiary/aromatic N) is 2. The fourth-order valence-corrected chi connectivity index (χ4v) is 5.67. The maximum absolute atomic E-state index is 2.57. The zero-order valence-electron chi connectivity index (χ0n) is 25.5. The molecule has 2 heteroatoms. The first-order chi connectivity index (χ1) is 17.7. The number of unbranched alkanes of at least 4 members (excludes halogenated alkanes) is 22. The van der Waals surface area contributed by atoms with Gasteiger partial charge in [-0.25, -0.2) is 9.13 Å².